The van der Waals surface area contributed by atoms with Crippen LogP contribution in [-0.4, -0.2) is 141 Å². The minimum atomic E-state index is -0.441. The molecule has 0 spiro atoms. The number of hydrogen-bond donors (Lipinski definition) is 0. The fraction of sp³-hybridized carbons (Fsp3) is 0.957. The zero-order valence-corrected chi connectivity index (χ0v) is 54.7. The lowest BCUT2D eigenvalue weighted by atomic mass is 9.82. The van der Waals surface area contributed by atoms with E-state index in [1.165, 1.54) is 128 Å². The largest absolute Gasteiger partial charge is 0.463 e. The van der Waals surface area contributed by atoms with Crippen molar-refractivity contribution >= 4 is 17.9 Å². The van der Waals surface area contributed by atoms with Crippen molar-refractivity contribution in [2.45, 2.75) is 323 Å². The SMILES string of the molecule is CCCCCCCCC(CCCCCCCC)OC(=O)CCCCCCCOCC(COCCOCCOCCOCCOC(=O)C1(C)CCCN(C)C1)OCCCCCCCC(=O)OC(CCCCCCCC)CCCCCCCC. The van der Waals surface area contributed by atoms with Gasteiger partial charge in [-0.2, -0.15) is 0 Å². The highest BCUT2D eigenvalue weighted by atomic mass is 16.6. The lowest BCUT2D eigenvalue weighted by molar-refractivity contribution is -0.159. The molecular weight excluding hydrogens is 1030 g/mol. The molecule has 1 aliphatic rings. The zero-order valence-electron chi connectivity index (χ0n) is 54.7. The molecule has 0 aromatic rings. The van der Waals surface area contributed by atoms with Gasteiger partial charge in [0.15, 0.2) is 0 Å². The Morgan fingerprint density at radius 3 is 1.15 bits per heavy atom. The van der Waals surface area contributed by atoms with Crippen molar-refractivity contribution in [1.29, 1.82) is 0 Å². The third kappa shape index (κ3) is 50.3. The van der Waals surface area contributed by atoms with E-state index in [-0.39, 0.29) is 42.8 Å². The van der Waals surface area contributed by atoms with Gasteiger partial charge < -0.3 is 47.5 Å². The number of nitrogens with zero attached hydrogens (tertiary/aromatic N) is 1. The number of carbonyl (C=O) groups is 3. The van der Waals surface area contributed by atoms with Crippen LogP contribution in [0.5, 0.6) is 0 Å². The molecular formula is C69H133NO12. The van der Waals surface area contributed by atoms with Crippen molar-refractivity contribution < 1.29 is 57.0 Å². The fourth-order valence-electron chi connectivity index (χ4n) is 11.0. The van der Waals surface area contributed by atoms with Gasteiger partial charge in [-0.05, 0) is 110 Å². The van der Waals surface area contributed by atoms with E-state index in [0.717, 1.165) is 142 Å². The van der Waals surface area contributed by atoms with E-state index in [1.54, 1.807) is 0 Å². The summed E-state index contributed by atoms with van der Waals surface area (Å²) < 4.78 is 53.2. The molecule has 486 valence electrons. The zero-order chi connectivity index (χ0) is 59.5. The van der Waals surface area contributed by atoms with Crippen LogP contribution in [0.2, 0.25) is 0 Å². The number of ether oxygens (including phenoxy) is 9. The van der Waals surface area contributed by atoms with Crippen LogP contribution in [0, 0.1) is 5.41 Å². The predicted molar refractivity (Wildman–Crippen MR) is 337 cm³/mol. The molecule has 0 amide bonds. The third-order valence-corrected chi connectivity index (χ3v) is 16.2. The average Bonchev–Trinajstić information content (AvgIpc) is 3.47. The Balaban J connectivity index is 2.43. The van der Waals surface area contributed by atoms with Crippen LogP contribution < -0.4 is 0 Å². The van der Waals surface area contributed by atoms with Crippen molar-refractivity contribution in [2.75, 3.05) is 99.4 Å². The predicted octanol–water partition coefficient (Wildman–Crippen LogP) is 17.2. The highest BCUT2D eigenvalue weighted by Gasteiger charge is 2.38. The topological polar surface area (TPSA) is 138 Å². The van der Waals surface area contributed by atoms with E-state index in [9.17, 15) is 14.4 Å². The number of piperidine rings is 1. The lowest BCUT2D eigenvalue weighted by Crippen LogP contribution is -2.45. The second-order valence-corrected chi connectivity index (χ2v) is 24.5. The number of carbonyl (C=O) groups excluding carboxylic acids is 3. The van der Waals surface area contributed by atoms with Gasteiger partial charge in [-0.3, -0.25) is 14.4 Å². The Labute approximate surface area is 505 Å². The van der Waals surface area contributed by atoms with Gasteiger partial charge in [-0.15, -0.1) is 0 Å². The van der Waals surface area contributed by atoms with Gasteiger partial charge in [0, 0.05) is 32.6 Å². The summed E-state index contributed by atoms with van der Waals surface area (Å²) in [5.74, 6) is -0.172. The van der Waals surface area contributed by atoms with Gasteiger partial charge >= 0.3 is 17.9 Å². The van der Waals surface area contributed by atoms with Gasteiger partial charge in [-0.1, -0.05) is 195 Å². The third-order valence-electron chi connectivity index (χ3n) is 16.2. The number of esters is 3. The first kappa shape index (κ1) is 78.1. The summed E-state index contributed by atoms with van der Waals surface area (Å²) in [7, 11) is 2.05. The molecule has 1 aliphatic heterocycles. The first-order valence-electron chi connectivity index (χ1n) is 34.9. The summed E-state index contributed by atoms with van der Waals surface area (Å²) in [5.41, 5.74) is -0.441. The van der Waals surface area contributed by atoms with Crippen LogP contribution in [0.15, 0.2) is 0 Å². The number of likely N-dealkylation sites (tertiary alicyclic amines) is 1. The maximum atomic E-state index is 12.9. The van der Waals surface area contributed by atoms with Crippen molar-refractivity contribution in [2.24, 2.45) is 5.41 Å². The molecule has 82 heavy (non-hydrogen) atoms. The molecule has 13 heteroatoms. The molecule has 1 rings (SSSR count). The van der Waals surface area contributed by atoms with Crippen LogP contribution >= 0.6 is 0 Å². The second kappa shape index (κ2) is 59.5. The summed E-state index contributed by atoms with van der Waals surface area (Å²) >= 11 is 0. The molecule has 0 aliphatic carbocycles. The van der Waals surface area contributed by atoms with Crippen LogP contribution in [0.1, 0.15) is 304 Å². The number of rotatable bonds is 64. The Kier molecular flexibility index (Phi) is 56.7. The van der Waals surface area contributed by atoms with Gasteiger partial charge in [0.1, 0.15) is 24.9 Å². The number of hydrogen-bond acceptors (Lipinski definition) is 13. The Hall–Kier alpha value is -1.87. The van der Waals surface area contributed by atoms with Crippen LogP contribution in [0.25, 0.3) is 0 Å². The Morgan fingerprint density at radius 1 is 0.390 bits per heavy atom. The lowest BCUT2D eigenvalue weighted by Gasteiger charge is -2.36. The quantitative estimate of drug-likeness (QED) is 0.0325. The van der Waals surface area contributed by atoms with Crippen molar-refractivity contribution in [1.82, 2.24) is 4.90 Å². The molecule has 1 heterocycles. The van der Waals surface area contributed by atoms with E-state index < -0.39 is 5.41 Å². The number of unbranched alkanes of at least 4 members (excludes halogenated alkanes) is 28. The van der Waals surface area contributed by atoms with Gasteiger partial charge in [0.05, 0.1) is 64.9 Å². The van der Waals surface area contributed by atoms with E-state index in [0.29, 0.717) is 85.5 Å². The maximum Gasteiger partial charge on any atom is 0.313 e. The standard InChI is InChI=1S/C69H133NO12/c1-7-11-15-19-25-33-42-63(43-34-26-20-16-12-8-2)81-66(71)46-37-29-23-31-39-50-77-60-65(61-78-57-56-75-53-52-74-54-55-76-58-59-80-68(73)69(5)48-41-49-70(6)62-69)79-51-40-32-24-30-38-47-67(72)82-64(44-35-27-21-17-13-9-3)45-36-28-22-18-14-10-4/h63-65H,7-62H2,1-6H3. The van der Waals surface area contributed by atoms with Crippen molar-refractivity contribution in [3.63, 3.8) is 0 Å². The summed E-state index contributed by atoms with van der Waals surface area (Å²) in [4.78, 5) is 40.6. The van der Waals surface area contributed by atoms with E-state index in [1.807, 2.05) is 14.0 Å². The Morgan fingerprint density at radius 2 is 0.732 bits per heavy atom. The average molecular weight is 1170 g/mol. The van der Waals surface area contributed by atoms with E-state index in [2.05, 4.69) is 32.6 Å². The molecule has 2 atom stereocenters. The molecule has 0 bridgehead atoms. The summed E-state index contributed by atoms with van der Waals surface area (Å²) in [6.07, 6.45) is 47.2. The van der Waals surface area contributed by atoms with Gasteiger partial charge in [-0.25, -0.2) is 0 Å². The highest BCUT2D eigenvalue weighted by Crippen LogP contribution is 2.30. The molecule has 0 N–H and O–H groups in total. The molecule has 13 nitrogen and oxygen atoms in total. The first-order valence-corrected chi connectivity index (χ1v) is 34.9. The summed E-state index contributed by atoms with van der Waals surface area (Å²) in [6, 6.07) is 0. The molecule has 0 aromatic carbocycles. The smallest absolute Gasteiger partial charge is 0.313 e. The first-order chi connectivity index (χ1) is 40.2. The van der Waals surface area contributed by atoms with E-state index >= 15 is 0 Å². The van der Waals surface area contributed by atoms with E-state index in [4.69, 9.17) is 42.6 Å². The minimum absolute atomic E-state index is 0.0133. The maximum absolute atomic E-state index is 12.9. The monoisotopic (exact) mass is 1170 g/mol. The molecule has 0 saturated carbocycles. The molecule has 1 fully saturated rings. The van der Waals surface area contributed by atoms with Crippen LogP contribution in [0.3, 0.4) is 0 Å². The normalized spacial score (nSPS) is 15.2. The van der Waals surface area contributed by atoms with Crippen LogP contribution in [-0.2, 0) is 57.0 Å². The summed E-state index contributed by atoms with van der Waals surface area (Å²) in [6.45, 7) is 18.3. The molecule has 2 unspecified atom stereocenters. The van der Waals surface area contributed by atoms with Crippen molar-refractivity contribution in [3.05, 3.63) is 0 Å². The van der Waals surface area contributed by atoms with Crippen LogP contribution in [0.4, 0.5) is 0 Å². The van der Waals surface area contributed by atoms with Gasteiger partial charge in [0.2, 0.25) is 0 Å². The molecule has 0 aromatic heterocycles. The second-order valence-electron chi connectivity index (χ2n) is 24.5. The molecule has 0 radical (unpaired) electrons. The van der Waals surface area contributed by atoms with Gasteiger partial charge in [0.25, 0.3) is 0 Å². The Bertz CT molecular complexity index is 1360. The highest BCUT2D eigenvalue weighted by molar-refractivity contribution is 5.76. The molecule has 1 saturated heterocycles. The summed E-state index contributed by atoms with van der Waals surface area (Å²) in [5, 5.41) is 0. The fourth-order valence-corrected chi connectivity index (χ4v) is 11.0. The van der Waals surface area contributed by atoms with Crippen molar-refractivity contribution in [3.8, 4) is 0 Å². The minimum Gasteiger partial charge on any atom is -0.463 e.